The molecule has 0 aliphatic rings. The van der Waals surface area contributed by atoms with Gasteiger partial charge in [0.15, 0.2) is 0 Å². The zero-order valence-electron chi connectivity index (χ0n) is 16.0. The number of hydrogen-bond acceptors (Lipinski definition) is 3. The van der Waals surface area contributed by atoms with Crippen molar-refractivity contribution >= 4 is 49.6 Å². The van der Waals surface area contributed by atoms with Crippen LogP contribution < -0.4 is 11.1 Å². The van der Waals surface area contributed by atoms with Crippen molar-refractivity contribution in [1.29, 1.82) is 0 Å². The molecule has 0 saturated carbocycles. The minimum Gasteiger partial charge on any atom is -0.480 e. The van der Waals surface area contributed by atoms with Crippen molar-refractivity contribution in [2.45, 2.75) is 24.9 Å². The molecule has 2 aromatic carbocycles. The maximum atomic E-state index is 12.6. The van der Waals surface area contributed by atoms with E-state index in [1.54, 1.807) is 6.20 Å². The van der Waals surface area contributed by atoms with Gasteiger partial charge in [-0.15, -0.1) is 0 Å². The van der Waals surface area contributed by atoms with Gasteiger partial charge >= 0.3 is 5.97 Å². The van der Waals surface area contributed by atoms with Crippen LogP contribution in [0.3, 0.4) is 0 Å². The fraction of sp³-hybridized carbons (Fsp3) is 0.182. The largest absolute Gasteiger partial charge is 0.480 e. The monoisotopic (exact) mass is 468 g/mol. The Morgan fingerprint density at radius 2 is 1.67 bits per heavy atom. The molecule has 2 heterocycles. The number of carboxylic acid groups (broad SMARTS) is 1. The highest BCUT2D eigenvalue weighted by Crippen LogP contribution is 2.24. The van der Waals surface area contributed by atoms with Crippen molar-refractivity contribution in [2.24, 2.45) is 5.73 Å². The quantitative estimate of drug-likeness (QED) is 0.285. The van der Waals surface area contributed by atoms with Gasteiger partial charge < -0.3 is 26.1 Å². The summed E-state index contributed by atoms with van der Waals surface area (Å²) in [4.78, 5) is 30.7. The lowest BCUT2D eigenvalue weighted by molar-refractivity contribution is -0.141. The van der Waals surface area contributed by atoms with Crippen LogP contribution in [0.15, 0.2) is 59.3 Å². The van der Waals surface area contributed by atoms with E-state index < -0.39 is 24.0 Å². The van der Waals surface area contributed by atoms with Crippen molar-refractivity contribution in [3.05, 3.63) is 70.5 Å². The molecule has 0 fully saturated rings. The molecule has 2 atom stereocenters. The summed E-state index contributed by atoms with van der Waals surface area (Å²) in [6.45, 7) is 0. The summed E-state index contributed by atoms with van der Waals surface area (Å²) in [5.41, 5.74) is 9.70. The minimum absolute atomic E-state index is 0.150. The van der Waals surface area contributed by atoms with Crippen LogP contribution in [0, 0.1) is 0 Å². The Balaban J connectivity index is 1.47. The number of halogens is 1. The summed E-state index contributed by atoms with van der Waals surface area (Å²) in [7, 11) is 0. The van der Waals surface area contributed by atoms with Crippen molar-refractivity contribution in [3.8, 4) is 0 Å². The first kappa shape index (κ1) is 20.2. The van der Waals surface area contributed by atoms with Crippen LogP contribution in [-0.2, 0) is 22.4 Å². The van der Waals surface area contributed by atoms with Gasteiger partial charge in [0.05, 0.1) is 6.04 Å². The van der Waals surface area contributed by atoms with E-state index in [9.17, 15) is 14.7 Å². The van der Waals surface area contributed by atoms with Crippen LogP contribution in [0.5, 0.6) is 0 Å². The fourth-order valence-corrected chi connectivity index (χ4v) is 4.01. The Hall–Kier alpha value is -3.10. The molecule has 0 aliphatic heterocycles. The number of benzene rings is 2. The Labute approximate surface area is 180 Å². The number of carboxylic acids is 1. The number of H-pyrrole nitrogens is 2. The maximum Gasteiger partial charge on any atom is 0.326 e. The summed E-state index contributed by atoms with van der Waals surface area (Å²) >= 11 is 3.43. The number of nitrogens with two attached hydrogens (primary N) is 1. The number of aromatic amines is 2. The molecular formula is C22H21BrN4O3. The number of nitrogens with one attached hydrogen (secondary N) is 3. The van der Waals surface area contributed by atoms with Crippen LogP contribution in [0.4, 0.5) is 0 Å². The summed E-state index contributed by atoms with van der Waals surface area (Å²) in [5, 5.41) is 14.2. The molecule has 4 aromatic rings. The zero-order valence-corrected chi connectivity index (χ0v) is 17.6. The minimum atomic E-state index is -1.10. The first-order valence-electron chi connectivity index (χ1n) is 9.51. The molecule has 2 aromatic heterocycles. The summed E-state index contributed by atoms with van der Waals surface area (Å²) in [6.07, 6.45) is 4.06. The number of carbonyl (C=O) groups is 2. The molecule has 8 heteroatoms. The third kappa shape index (κ3) is 4.10. The number of aliphatic carboxylic acids is 1. The second kappa shape index (κ2) is 8.33. The van der Waals surface area contributed by atoms with Gasteiger partial charge in [0.25, 0.3) is 0 Å². The number of rotatable bonds is 7. The molecule has 0 unspecified atom stereocenters. The molecule has 1 amide bonds. The van der Waals surface area contributed by atoms with Gasteiger partial charge in [-0.2, -0.15) is 0 Å². The first-order chi connectivity index (χ1) is 14.4. The van der Waals surface area contributed by atoms with E-state index in [-0.39, 0.29) is 6.42 Å². The molecule has 0 saturated heterocycles. The molecule has 0 bridgehead atoms. The summed E-state index contributed by atoms with van der Waals surface area (Å²) < 4.78 is 0.896. The van der Waals surface area contributed by atoms with Crippen LogP contribution in [-0.4, -0.2) is 39.0 Å². The average molecular weight is 469 g/mol. The second-order valence-corrected chi connectivity index (χ2v) is 8.19. The predicted molar refractivity (Wildman–Crippen MR) is 119 cm³/mol. The lowest BCUT2D eigenvalue weighted by Crippen LogP contribution is -2.50. The van der Waals surface area contributed by atoms with E-state index in [1.807, 2.05) is 48.7 Å². The predicted octanol–water partition coefficient (Wildman–Crippen LogP) is 3.09. The SMILES string of the molecule is N[C@@H](Cc1c[nH]c2ccccc12)C(=O)N[C@H](Cc1c[nH]c2ccc(Br)cc12)C(=O)O. The van der Waals surface area contributed by atoms with Crippen LogP contribution >= 0.6 is 15.9 Å². The summed E-state index contributed by atoms with van der Waals surface area (Å²) in [6, 6.07) is 11.6. The highest BCUT2D eigenvalue weighted by Gasteiger charge is 2.25. The third-order valence-electron chi connectivity index (χ3n) is 5.22. The van der Waals surface area contributed by atoms with Gasteiger partial charge in [-0.1, -0.05) is 34.1 Å². The molecule has 0 radical (unpaired) electrons. The Bertz CT molecular complexity index is 1230. The number of fused-ring (bicyclic) bond motifs is 2. The second-order valence-electron chi connectivity index (χ2n) is 7.28. The molecule has 0 spiro atoms. The van der Waals surface area contributed by atoms with Gasteiger partial charge in [-0.3, -0.25) is 4.79 Å². The Morgan fingerprint density at radius 1 is 1.00 bits per heavy atom. The van der Waals surface area contributed by atoms with Gasteiger partial charge in [0.2, 0.25) is 5.91 Å². The van der Waals surface area contributed by atoms with Crippen LogP contribution in [0.2, 0.25) is 0 Å². The van der Waals surface area contributed by atoms with Crippen LogP contribution in [0.25, 0.3) is 21.8 Å². The van der Waals surface area contributed by atoms with Gasteiger partial charge in [0, 0.05) is 45.1 Å². The third-order valence-corrected chi connectivity index (χ3v) is 5.71. The highest BCUT2D eigenvalue weighted by atomic mass is 79.9. The lowest BCUT2D eigenvalue weighted by Gasteiger charge is -2.17. The molecule has 30 heavy (non-hydrogen) atoms. The highest BCUT2D eigenvalue weighted by molar-refractivity contribution is 9.10. The normalized spacial score (nSPS) is 13.4. The van der Waals surface area contributed by atoms with E-state index in [0.29, 0.717) is 6.42 Å². The van der Waals surface area contributed by atoms with E-state index >= 15 is 0 Å². The molecular weight excluding hydrogens is 448 g/mol. The van der Waals surface area contributed by atoms with Gasteiger partial charge in [-0.25, -0.2) is 4.79 Å². The van der Waals surface area contributed by atoms with E-state index in [1.165, 1.54) is 0 Å². The number of carbonyl (C=O) groups excluding carboxylic acids is 1. The first-order valence-corrected chi connectivity index (χ1v) is 10.3. The molecule has 154 valence electrons. The van der Waals surface area contributed by atoms with Gasteiger partial charge in [-0.05, 0) is 41.8 Å². The lowest BCUT2D eigenvalue weighted by atomic mass is 10.0. The molecule has 6 N–H and O–H groups in total. The Kier molecular flexibility index (Phi) is 5.61. The van der Waals surface area contributed by atoms with Crippen molar-refractivity contribution in [3.63, 3.8) is 0 Å². The topological polar surface area (TPSA) is 124 Å². The number of hydrogen-bond donors (Lipinski definition) is 5. The molecule has 4 rings (SSSR count). The fourth-order valence-electron chi connectivity index (χ4n) is 3.65. The average Bonchev–Trinajstić information content (AvgIpc) is 3.31. The maximum absolute atomic E-state index is 12.6. The zero-order chi connectivity index (χ0) is 21.3. The number of aromatic nitrogens is 2. The smallest absolute Gasteiger partial charge is 0.326 e. The van der Waals surface area contributed by atoms with Crippen molar-refractivity contribution in [2.75, 3.05) is 0 Å². The number of amides is 1. The van der Waals surface area contributed by atoms with Crippen LogP contribution in [0.1, 0.15) is 11.1 Å². The van der Waals surface area contributed by atoms with Crippen molar-refractivity contribution in [1.82, 2.24) is 15.3 Å². The van der Waals surface area contributed by atoms with Crippen molar-refractivity contribution < 1.29 is 14.7 Å². The summed E-state index contributed by atoms with van der Waals surface area (Å²) in [5.74, 6) is -1.60. The standard InChI is InChI=1S/C22H21BrN4O3/c23-14-5-6-19-16(9-14)13(11-26-19)8-20(22(29)30)27-21(28)17(24)7-12-10-25-18-4-2-1-3-15(12)18/h1-6,9-11,17,20,25-26H,7-8,24H2,(H,27,28)(H,29,30)/t17-,20+/m0/s1. The molecule has 7 nitrogen and oxygen atoms in total. The number of para-hydroxylation sites is 1. The van der Waals surface area contributed by atoms with E-state index in [2.05, 4.69) is 31.2 Å². The molecule has 0 aliphatic carbocycles. The van der Waals surface area contributed by atoms with E-state index in [0.717, 1.165) is 37.4 Å². The van der Waals surface area contributed by atoms with E-state index in [4.69, 9.17) is 5.73 Å². The Morgan fingerprint density at radius 3 is 2.40 bits per heavy atom. The van der Waals surface area contributed by atoms with Gasteiger partial charge in [0.1, 0.15) is 6.04 Å².